The molecule has 32 heavy (non-hydrogen) atoms. The van der Waals surface area contributed by atoms with E-state index < -0.39 is 11.9 Å². The summed E-state index contributed by atoms with van der Waals surface area (Å²) >= 11 is 0. The third kappa shape index (κ3) is 6.01. The van der Waals surface area contributed by atoms with Crippen LogP contribution in [0.15, 0.2) is 54.6 Å². The minimum Gasteiger partial charge on any atom is -0.493 e. The van der Waals surface area contributed by atoms with Gasteiger partial charge in [-0.05, 0) is 54.5 Å². The molecule has 0 saturated heterocycles. The van der Waals surface area contributed by atoms with Gasteiger partial charge in [-0.1, -0.05) is 12.0 Å². The van der Waals surface area contributed by atoms with Crippen LogP contribution in [0.3, 0.4) is 0 Å². The summed E-state index contributed by atoms with van der Waals surface area (Å²) in [5.74, 6) is 2.22. The lowest BCUT2D eigenvalue weighted by molar-refractivity contribution is -0.112. The molecule has 7 nitrogen and oxygen atoms in total. The Balaban J connectivity index is 2.33. The highest BCUT2D eigenvalue weighted by molar-refractivity contribution is 6.09. The third-order valence-corrected chi connectivity index (χ3v) is 4.28. The number of hydrogen-bond acceptors (Lipinski definition) is 6. The van der Waals surface area contributed by atoms with Crippen molar-refractivity contribution in [1.82, 2.24) is 0 Å². The van der Waals surface area contributed by atoms with Crippen molar-refractivity contribution in [2.45, 2.75) is 6.42 Å². The number of rotatable bonds is 9. The van der Waals surface area contributed by atoms with Gasteiger partial charge in [-0.3, -0.25) is 4.79 Å². The topological polar surface area (TPSA) is 97.7 Å². The zero-order valence-electron chi connectivity index (χ0n) is 17.8. The number of carbonyl (C=O) groups is 2. The lowest BCUT2D eigenvalue weighted by atomic mass is 10.0. The Morgan fingerprint density at radius 3 is 2.50 bits per heavy atom. The average molecular weight is 430 g/mol. The van der Waals surface area contributed by atoms with Crippen LogP contribution in [-0.4, -0.2) is 32.7 Å². The van der Waals surface area contributed by atoms with Gasteiger partial charge in [0, 0.05) is 11.3 Å². The van der Waals surface area contributed by atoms with E-state index >= 15 is 0 Å². The minimum absolute atomic E-state index is 0.0658. The largest absolute Gasteiger partial charge is 0.493 e. The number of hydrogen-bond donors (Lipinski definition) is 1. The van der Waals surface area contributed by atoms with Crippen molar-refractivity contribution in [3.63, 3.8) is 0 Å². The van der Waals surface area contributed by atoms with Crippen LogP contribution in [-0.2, 0) is 16.0 Å². The standard InChI is InChI=1S/C25H22N2O5/c1-5-7-19-13-17(15-22(30-3)23(19)32-12-6-2)14-20(16-26)24(28)27-21-10-8-18(9-11-21)25(29)31-4/h2,5,8-11,13-15H,1,7,12H2,3-4H3,(H,27,28)/b20-14+. The second-order valence-electron chi connectivity index (χ2n) is 6.39. The maximum atomic E-state index is 12.6. The first kappa shape index (κ1) is 23.8. The Bertz CT molecular complexity index is 1120. The highest BCUT2D eigenvalue weighted by Crippen LogP contribution is 2.34. The molecule has 0 saturated carbocycles. The molecule has 0 aromatic heterocycles. The predicted molar refractivity (Wildman–Crippen MR) is 121 cm³/mol. The number of terminal acetylenes is 1. The van der Waals surface area contributed by atoms with E-state index in [0.717, 1.165) is 5.56 Å². The molecule has 0 bridgehead atoms. The van der Waals surface area contributed by atoms with Crippen molar-refractivity contribution in [1.29, 1.82) is 5.26 Å². The molecule has 1 amide bonds. The first-order valence-electron chi connectivity index (χ1n) is 9.47. The Hall–Kier alpha value is -4.49. The van der Waals surface area contributed by atoms with Crippen LogP contribution in [0.1, 0.15) is 21.5 Å². The van der Waals surface area contributed by atoms with Gasteiger partial charge < -0.3 is 19.5 Å². The lowest BCUT2D eigenvalue weighted by Gasteiger charge is -2.14. The average Bonchev–Trinajstić information content (AvgIpc) is 2.81. The number of nitrogens with zero attached hydrogens (tertiary/aromatic N) is 1. The van der Waals surface area contributed by atoms with Crippen LogP contribution in [0.5, 0.6) is 11.5 Å². The molecule has 0 atom stereocenters. The van der Waals surface area contributed by atoms with E-state index in [1.807, 2.05) is 6.07 Å². The maximum Gasteiger partial charge on any atom is 0.337 e. The Labute approximate surface area is 186 Å². The van der Waals surface area contributed by atoms with E-state index in [2.05, 4.69) is 22.6 Å². The summed E-state index contributed by atoms with van der Waals surface area (Å²) in [6.45, 7) is 3.81. The quantitative estimate of drug-likeness (QED) is 0.214. The summed E-state index contributed by atoms with van der Waals surface area (Å²) in [6.07, 6.45) is 8.89. The molecule has 0 aliphatic rings. The van der Waals surface area contributed by atoms with Crippen molar-refractivity contribution >= 4 is 23.6 Å². The summed E-state index contributed by atoms with van der Waals surface area (Å²) in [4.78, 5) is 24.1. The number of benzene rings is 2. The maximum absolute atomic E-state index is 12.6. The summed E-state index contributed by atoms with van der Waals surface area (Å²) in [6, 6.07) is 11.4. The van der Waals surface area contributed by atoms with E-state index in [-0.39, 0.29) is 12.2 Å². The van der Waals surface area contributed by atoms with Gasteiger partial charge in [-0.25, -0.2) is 4.79 Å². The molecule has 0 aliphatic carbocycles. The molecule has 0 heterocycles. The predicted octanol–water partition coefficient (Wildman–Crippen LogP) is 3.77. The van der Waals surface area contributed by atoms with Crippen molar-refractivity contribution in [3.05, 3.63) is 71.3 Å². The van der Waals surface area contributed by atoms with Gasteiger partial charge in [-0.15, -0.1) is 13.0 Å². The van der Waals surface area contributed by atoms with Crippen molar-refractivity contribution in [2.75, 3.05) is 26.1 Å². The van der Waals surface area contributed by atoms with Gasteiger partial charge in [0.25, 0.3) is 5.91 Å². The van der Waals surface area contributed by atoms with Crippen LogP contribution >= 0.6 is 0 Å². The SMILES string of the molecule is C#CCOc1c(CC=C)cc(/C=C(\C#N)C(=O)Nc2ccc(C(=O)OC)cc2)cc1OC. The van der Waals surface area contributed by atoms with E-state index in [1.54, 1.807) is 30.3 Å². The van der Waals surface area contributed by atoms with Gasteiger partial charge in [0.05, 0.1) is 19.8 Å². The molecule has 2 aromatic carbocycles. The van der Waals surface area contributed by atoms with Crippen molar-refractivity contribution < 1.29 is 23.8 Å². The number of anilines is 1. The Morgan fingerprint density at radius 1 is 1.22 bits per heavy atom. The van der Waals surface area contributed by atoms with Gasteiger partial charge in [0.1, 0.15) is 18.2 Å². The smallest absolute Gasteiger partial charge is 0.337 e. The molecule has 162 valence electrons. The number of nitriles is 1. The molecule has 2 aromatic rings. The lowest BCUT2D eigenvalue weighted by Crippen LogP contribution is -2.13. The Morgan fingerprint density at radius 2 is 1.94 bits per heavy atom. The van der Waals surface area contributed by atoms with Crippen molar-refractivity contribution in [2.24, 2.45) is 0 Å². The molecular weight excluding hydrogens is 408 g/mol. The van der Waals surface area contributed by atoms with E-state index in [0.29, 0.717) is 34.7 Å². The zero-order chi connectivity index (χ0) is 23.5. The zero-order valence-corrected chi connectivity index (χ0v) is 17.8. The molecule has 2 rings (SSSR count). The molecule has 1 N–H and O–H groups in total. The number of nitrogens with one attached hydrogen (secondary N) is 1. The van der Waals surface area contributed by atoms with Crippen LogP contribution in [0, 0.1) is 23.7 Å². The van der Waals surface area contributed by atoms with Gasteiger partial charge in [-0.2, -0.15) is 5.26 Å². The number of ether oxygens (including phenoxy) is 3. The van der Waals surface area contributed by atoms with Gasteiger partial charge >= 0.3 is 5.97 Å². The summed E-state index contributed by atoms with van der Waals surface area (Å²) in [5, 5.41) is 12.1. The number of amides is 1. The second kappa shape index (κ2) is 11.6. The molecular formula is C25H22N2O5. The molecule has 0 unspecified atom stereocenters. The van der Waals surface area contributed by atoms with Crippen LogP contribution < -0.4 is 14.8 Å². The third-order valence-electron chi connectivity index (χ3n) is 4.28. The van der Waals surface area contributed by atoms with E-state index in [4.69, 9.17) is 15.9 Å². The second-order valence-corrected chi connectivity index (χ2v) is 6.39. The molecule has 0 aliphatic heterocycles. The molecule has 0 fully saturated rings. The van der Waals surface area contributed by atoms with Crippen molar-refractivity contribution in [3.8, 4) is 29.9 Å². The highest BCUT2D eigenvalue weighted by Gasteiger charge is 2.15. The summed E-state index contributed by atoms with van der Waals surface area (Å²) in [7, 11) is 2.77. The summed E-state index contributed by atoms with van der Waals surface area (Å²) in [5.41, 5.74) is 1.96. The van der Waals surface area contributed by atoms with Gasteiger partial charge in [0.15, 0.2) is 11.5 Å². The summed E-state index contributed by atoms with van der Waals surface area (Å²) < 4.78 is 15.6. The van der Waals surface area contributed by atoms with E-state index in [9.17, 15) is 14.9 Å². The normalized spacial score (nSPS) is 10.3. The molecule has 0 spiro atoms. The number of esters is 1. The number of allylic oxidation sites excluding steroid dienone is 1. The fourth-order valence-electron chi connectivity index (χ4n) is 2.82. The van der Waals surface area contributed by atoms with E-state index in [1.165, 1.54) is 32.4 Å². The molecule has 0 radical (unpaired) electrons. The number of carbonyl (C=O) groups excluding carboxylic acids is 2. The van der Waals surface area contributed by atoms with Crippen LogP contribution in [0.25, 0.3) is 6.08 Å². The minimum atomic E-state index is -0.602. The van der Waals surface area contributed by atoms with Crippen LogP contribution in [0.2, 0.25) is 0 Å². The fraction of sp³-hybridized carbons (Fsp3) is 0.160. The Kier molecular flexibility index (Phi) is 8.65. The van der Waals surface area contributed by atoms with Gasteiger partial charge in [0.2, 0.25) is 0 Å². The number of methoxy groups -OCH3 is 2. The molecule has 7 heteroatoms. The first-order valence-corrected chi connectivity index (χ1v) is 9.47. The fourth-order valence-corrected chi connectivity index (χ4v) is 2.82. The highest BCUT2D eigenvalue weighted by atomic mass is 16.5. The van der Waals surface area contributed by atoms with Crippen LogP contribution in [0.4, 0.5) is 5.69 Å². The first-order chi connectivity index (χ1) is 15.5. The monoisotopic (exact) mass is 430 g/mol.